The monoisotopic (exact) mass is 576 g/mol. The molecular weight excluding hydrogens is 552 g/mol. The standard InChI is InChI=1S/C22H24N8O5S3/c23-37(32,33)20-18(38(34,35)30-15-6-7-24-9-15)5-4-17(19(20)21-25-12-26-29-21)13-2-1-3-14(8-13)27-22-28-16(10-31)11-36-22/h1-5,8,11,15,24,30-31H,6-7,9-10,12H2,(H,27,28)(H2,23,32,33)/t15-/m1/s1. The molecule has 13 nitrogen and oxygen atoms in total. The molecule has 3 heterocycles. The molecule has 200 valence electrons. The third-order valence-electron chi connectivity index (χ3n) is 5.89. The number of hydrogen-bond acceptors (Lipinski definition) is 12. The fraction of sp³-hybridized carbons (Fsp3) is 0.273. The molecule has 1 atom stereocenters. The summed E-state index contributed by atoms with van der Waals surface area (Å²) in [6.45, 7) is 0.856. The van der Waals surface area contributed by atoms with Gasteiger partial charge >= 0.3 is 0 Å². The second-order valence-electron chi connectivity index (χ2n) is 8.54. The van der Waals surface area contributed by atoms with E-state index >= 15 is 0 Å². The molecule has 1 saturated heterocycles. The maximum Gasteiger partial charge on any atom is 0.242 e. The zero-order chi connectivity index (χ0) is 26.9. The first-order chi connectivity index (χ1) is 18.2. The SMILES string of the molecule is NS(=O)(=O)c1c(S(=O)(=O)N[C@@H]2CCNC2)ccc(-c2cccc(Nc3nc(CO)cs3)c2)c1C1=NCN=N1. The molecule has 6 N–H and O–H groups in total. The number of anilines is 2. The lowest BCUT2D eigenvalue weighted by molar-refractivity contribution is 0.278. The van der Waals surface area contributed by atoms with Gasteiger partial charge in [0.05, 0.1) is 17.9 Å². The smallest absolute Gasteiger partial charge is 0.242 e. The number of nitrogens with zero attached hydrogens (tertiary/aromatic N) is 4. The second kappa shape index (κ2) is 10.6. The maximum absolute atomic E-state index is 13.4. The van der Waals surface area contributed by atoms with Crippen LogP contribution in [0.15, 0.2) is 66.8 Å². The lowest BCUT2D eigenvalue weighted by atomic mass is 9.98. The van der Waals surface area contributed by atoms with E-state index in [2.05, 4.69) is 35.6 Å². The van der Waals surface area contributed by atoms with Crippen molar-refractivity contribution in [2.75, 3.05) is 25.1 Å². The fourth-order valence-electron chi connectivity index (χ4n) is 4.24. The minimum Gasteiger partial charge on any atom is -0.390 e. The van der Waals surface area contributed by atoms with E-state index in [0.29, 0.717) is 47.2 Å². The van der Waals surface area contributed by atoms with Crippen molar-refractivity contribution in [3.8, 4) is 11.1 Å². The van der Waals surface area contributed by atoms with Crippen LogP contribution in [0.1, 0.15) is 17.7 Å². The number of aliphatic hydroxyl groups excluding tert-OH is 1. The van der Waals surface area contributed by atoms with Gasteiger partial charge in [-0.15, -0.1) is 16.5 Å². The third kappa shape index (κ3) is 5.51. The molecule has 2 aromatic carbocycles. The highest BCUT2D eigenvalue weighted by atomic mass is 32.2. The number of rotatable bonds is 9. The van der Waals surface area contributed by atoms with Crippen LogP contribution >= 0.6 is 11.3 Å². The van der Waals surface area contributed by atoms with E-state index in [9.17, 15) is 21.9 Å². The summed E-state index contributed by atoms with van der Waals surface area (Å²) < 4.78 is 55.2. The number of benzene rings is 2. The van der Waals surface area contributed by atoms with Gasteiger partial charge in [0.15, 0.2) is 17.6 Å². The Kier molecular flexibility index (Phi) is 7.36. The summed E-state index contributed by atoms with van der Waals surface area (Å²) in [5.74, 6) is -0.0329. The summed E-state index contributed by atoms with van der Waals surface area (Å²) in [6.07, 6.45) is 0.564. The first kappa shape index (κ1) is 26.5. The molecule has 1 fully saturated rings. The quantitative estimate of drug-likeness (QED) is 0.252. The Hall–Kier alpha value is -3.12. The van der Waals surface area contributed by atoms with E-state index in [1.54, 1.807) is 29.6 Å². The van der Waals surface area contributed by atoms with Crippen molar-refractivity contribution in [3.05, 3.63) is 53.0 Å². The van der Waals surface area contributed by atoms with Crippen LogP contribution in [0.2, 0.25) is 0 Å². The van der Waals surface area contributed by atoms with E-state index in [1.165, 1.54) is 23.5 Å². The molecule has 16 heteroatoms. The number of aliphatic imine (C=N–C) groups is 1. The Bertz CT molecular complexity index is 1640. The van der Waals surface area contributed by atoms with Crippen molar-refractivity contribution < 1.29 is 21.9 Å². The molecule has 0 radical (unpaired) electrons. The minimum absolute atomic E-state index is 0.0271. The van der Waals surface area contributed by atoms with E-state index < -0.39 is 29.8 Å². The van der Waals surface area contributed by atoms with Gasteiger partial charge in [0.25, 0.3) is 0 Å². The second-order valence-corrected chi connectivity index (χ2v) is 12.6. The van der Waals surface area contributed by atoms with Crippen LogP contribution in [-0.2, 0) is 26.7 Å². The van der Waals surface area contributed by atoms with Crippen molar-refractivity contribution in [1.82, 2.24) is 15.0 Å². The molecule has 1 aromatic heterocycles. The summed E-state index contributed by atoms with van der Waals surface area (Å²) in [4.78, 5) is 7.38. The van der Waals surface area contributed by atoms with Gasteiger partial charge in [0, 0.05) is 23.7 Å². The average molecular weight is 577 g/mol. The van der Waals surface area contributed by atoms with E-state index in [4.69, 9.17) is 5.14 Å². The van der Waals surface area contributed by atoms with Gasteiger partial charge in [-0.3, -0.25) is 0 Å². The predicted molar refractivity (Wildman–Crippen MR) is 142 cm³/mol. The molecule has 0 amide bonds. The van der Waals surface area contributed by atoms with Crippen LogP contribution in [0.3, 0.4) is 0 Å². The molecule has 0 saturated carbocycles. The average Bonchev–Trinajstić information content (AvgIpc) is 3.66. The zero-order valence-electron chi connectivity index (χ0n) is 19.8. The number of primary sulfonamides is 1. The van der Waals surface area contributed by atoms with Gasteiger partial charge < -0.3 is 15.7 Å². The molecule has 5 rings (SSSR count). The van der Waals surface area contributed by atoms with Gasteiger partial charge in [0.2, 0.25) is 20.0 Å². The number of sulfonamides is 2. The Labute approximate surface area is 223 Å². The molecule has 2 aliphatic rings. The van der Waals surface area contributed by atoms with E-state index in [-0.39, 0.29) is 30.7 Å². The molecule has 0 spiro atoms. The Morgan fingerprint density at radius 2 is 2.03 bits per heavy atom. The first-order valence-corrected chi connectivity index (χ1v) is 15.3. The van der Waals surface area contributed by atoms with Crippen molar-refractivity contribution in [2.24, 2.45) is 20.4 Å². The normalized spacial score (nSPS) is 17.6. The van der Waals surface area contributed by atoms with Crippen LogP contribution in [0.4, 0.5) is 10.8 Å². The highest BCUT2D eigenvalue weighted by molar-refractivity contribution is 7.92. The topological polar surface area (TPSA) is 201 Å². The van der Waals surface area contributed by atoms with Gasteiger partial charge in [-0.1, -0.05) is 18.2 Å². The lowest BCUT2D eigenvalue weighted by Crippen LogP contribution is -2.37. The number of hydrogen-bond donors (Lipinski definition) is 5. The Morgan fingerprint density at radius 3 is 2.68 bits per heavy atom. The van der Waals surface area contributed by atoms with Crippen molar-refractivity contribution in [2.45, 2.75) is 28.9 Å². The highest BCUT2D eigenvalue weighted by Crippen LogP contribution is 2.36. The number of aromatic nitrogens is 1. The summed E-state index contributed by atoms with van der Waals surface area (Å²) >= 11 is 1.31. The number of thiazole rings is 1. The van der Waals surface area contributed by atoms with Crippen molar-refractivity contribution >= 4 is 48.0 Å². The third-order valence-corrected chi connectivity index (χ3v) is 9.38. The molecule has 2 aliphatic heterocycles. The summed E-state index contributed by atoms with van der Waals surface area (Å²) in [7, 11) is -8.85. The number of nitrogens with two attached hydrogens (primary N) is 1. The number of azo groups is 1. The van der Waals surface area contributed by atoms with Gasteiger partial charge in [-0.05, 0) is 42.3 Å². The van der Waals surface area contributed by atoms with Crippen molar-refractivity contribution in [3.63, 3.8) is 0 Å². The summed E-state index contributed by atoms with van der Waals surface area (Å²) in [5, 5.41) is 31.2. The van der Waals surface area contributed by atoms with Crippen LogP contribution in [0.25, 0.3) is 11.1 Å². The molecule has 0 bridgehead atoms. The lowest BCUT2D eigenvalue weighted by Gasteiger charge is -2.19. The zero-order valence-corrected chi connectivity index (χ0v) is 22.3. The first-order valence-electron chi connectivity index (χ1n) is 11.4. The van der Waals surface area contributed by atoms with Gasteiger partial charge in [-0.25, -0.2) is 36.7 Å². The summed E-state index contributed by atoms with van der Waals surface area (Å²) in [6, 6.07) is 9.36. The fourth-order valence-corrected chi connectivity index (χ4v) is 7.83. The molecular formula is C22H24N8O5S3. The molecule has 38 heavy (non-hydrogen) atoms. The van der Waals surface area contributed by atoms with Crippen molar-refractivity contribution in [1.29, 1.82) is 0 Å². The highest BCUT2D eigenvalue weighted by Gasteiger charge is 2.34. The van der Waals surface area contributed by atoms with E-state index in [0.717, 1.165) is 0 Å². The number of amidine groups is 1. The van der Waals surface area contributed by atoms with Gasteiger partial charge in [-0.2, -0.15) is 5.11 Å². The Morgan fingerprint density at radius 1 is 1.18 bits per heavy atom. The molecule has 3 aromatic rings. The van der Waals surface area contributed by atoms with E-state index in [1.807, 2.05) is 0 Å². The van der Waals surface area contributed by atoms with Crippen LogP contribution in [0.5, 0.6) is 0 Å². The maximum atomic E-state index is 13.4. The number of aliphatic hydroxyl groups is 1. The Balaban J connectivity index is 1.65. The largest absolute Gasteiger partial charge is 0.390 e. The molecule has 0 unspecified atom stereocenters. The minimum atomic E-state index is -4.57. The van der Waals surface area contributed by atoms with Gasteiger partial charge in [0.1, 0.15) is 9.79 Å². The number of nitrogens with one attached hydrogen (secondary N) is 3. The predicted octanol–water partition coefficient (Wildman–Crippen LogP) is 1.50. The van der Waals surface area contributed by atoms with Crippen LogP contribution in [0, 0.1) is 0 Å². The van der Waals surface area contributed by atoms with Crippen LogP contribution in [-0.4, -0.2) is 58.6 Å². The summed E-state index contributed by atoms with van der Waals surface area (Å²) in [5.41, 5.74) is 2.02. The van der Waals surface area contributed by atoms with Crippen LogP contribution < -0.4 is 20.5 Å². The molecule has 0 aliphatic carbocycles.